The van der Waals surface area contributed by atoms with E-state index in [1.807, 2.05) is 38.1 Å². The number of anilines is 1. The second-order valence-corrected chi connectivity index (χ2v) is 10.8. The summed E-state index contributed by atoms with van der Waals surface area (Å²) in [4.78, 5) is 27.9. The Morgan fingerprint density at radius 3 is 2.31 bits per heavy atom. The summed E-state index contributed by atoms with van der Waals surface area (Å²) in [5, 5.41) is 2.61. The van der Waals surface area contributed by atoms with E-state index < -0.39 is 34.3 Å². The van der Waals surface area contributed by atoms with Crippen molar-refractivity contribution in [3.63, 3.8) is 0 Å². The number of hydrogen-bond donors (Lipinski definition) is 1. The SMILES string of the molecule is CCCCNC(=O)[C@H](CC)N(Cc1ccc(C)cc1)C(=O)CN(c1ccc(F)c(Cl)c1)S(C)(=O)=O. The first kappa shape index (κ1) is 28.6. The van der Waals surface area contributed by atoms with Crippen LogP contribution < -0.4 is 9.62 Å². The number of nitrogens with one attached hydrogen (secondary N) is 1. The Labute approximate surface area is 212 Å². The van der Waals surface area contributed by atoms with E-state index in [0.29, 0.717) is 13.0 Å². The number of rotatable bonds is 12. The first-order valence-electron chi connectivity index (χ1n) is 11.5. The van der Waals surface area contributed by atoms with Crippen molar-refractivity contribution in [2.75, 3.05) is 23.7 Å². The summed E-state index contributed by atoms with van der Waals surface area (Å²) >= 11 is 5.86. The molecule has 0 aromatic heterocycles. The van der Waals surface area contributed by atoms with Gasteiger partial charge in [0, 0.05) is 13.1 Å². The molecule has 1 N–H and O–H groups in total. The minimum Gasteiger partial charge on any atom is -0.354 e. The third-order valence-electron chi connectivity index (χ3n) is 5.56. The highest BCUT2D eigenvalue weighted by atomic mass is 35.5. The highest BCUT2D eigenvalue weighted by Gasteiger charge is 2.31. The number of sulfonamides is 1. The number of carbonyl (C=O) groups is 2. The Kier molecular flexibility index (Phi) is 10.5. The van der Waals surface area contributed by atoms with Gasteiger partial charge in [-0.1, -0.05) is 61.7 Å². The zero-order valence-electron chi connectivity index (χ0n) is 20.6. The average Bonchev–Trinajstić information content (AvgIpc) is 2.80. The van der Waals surface area contributed by atoms with Crippen LogP contribution >= 0.6 is 11.6 Å². The van der Waals surface area contributed by atoms with E-state index >= 15 is 0 Å². The second kappa shape index (κ2) is 12.9. The molecule has 1 atom stereocenters. The minimum absolute atomic E-state index is 0.0583. The molecule has 0 saturated carbocycles. The van der Waals surface area contributed by atoms with Crippen molar-refractivity contribution in [3.05, 3.63) is 64.4 Å². The predicted octanol–water partition coefficient (Wildman–Crippen LogP) is 4.28. The van der Waals surface area contributed by atoms with Crippen LogP contribution in [0.1, 0.15) is 44.2 Å². The fourth-order valence-corrected chi connectivity index (χ4v) is 4.59. The summed E-state index contributed by atoms with van der Waals surface area (Å²) in [6.45, 7) is 5.81. The number of carbonyl (C=O) groups excluding carboxylic acids is 2. The van der Waals surface area contributed by atoms with Gasteiger partial charge < -0.3 is 10.2 Å². The Morgan fingerprint density at radius 2 is 1.77 bits per heavy atom. The normalized spacial score (nSPS) is 12.2. The second-order valence-electron chi connectivity index (χ2n) is 8.44. The van der Waals surface area contributed by atoms with Gasteiger partial charge in [-0.15, -0.1) is 0 Å². The first-order chi connectivity index (χ1) is 16.5. The van der Waals surface area contributed by atoms with Gasteiger partial charge in [-0.05, 0) is 43.5 Å². The molecule has 2 amide bonds. The quantitative estimate of drug-likeness (QED) is 0.419. The van der Waals surface area contributed by atoms with Crippen LogP contribution in [0.4, 0.5) is 10.1 Å². The molecule has 0 bridgehead atoms. The summed E-state index contributed by atoms with van der Waals surface area (Å²) in [7, 11) is -3.92. The molecule has 0 unspecified atom stereocenters. The Morgan fingerprint density at radius 1 is 1.11 bits per heavy atom. The molecule has 10 heteroatoms. The maximum Gasteiger partial charge on any atom is 0.244 e. The lowest BCUT2D eigenvalue weighted by atomic mass is 10.1. The number of hydrogen-bond acceptors (Lipinski definition) is 4. The number of benzene rings is 2. The standard InChI is InChI=1S/C25H33ClFN3O4S/c1-5-7-14-28-25(32)23(6-2)29(16-19-10-8-18(3)9-11-19)24(31)17-30(35(4,33)34)20-12-13-22(27)21(26)15-20/h8-13,15,23H,5-7,14,16-17H2,1-4H3,(H,28,32)/t23-/m0/s1. The highest BCUT2D eigenvalue weighted by Crippen LogP contribution is 2.25. The molecule has 35 heavy (non-hydrogen) atoms. The van der Waals surface area contributed by atoms with Crippen LogP contribution in [0.2, 0.25) is 5.02 Å². The summed E-state index contributed by atoms with van der Waals surface area (Å²) in [6.07, 6.45) is 3.02. The zero-order valence-corrected chi connectivity index (χ0v) is 22.1. The Bertz CT molecular complexity index is 1130. The molecule has 0 fully saturated rings. The van der Waals surface area contributed by atoms with E-state index in [1.165, 1.54) is 11.0 Å². The fraction of sp³-hybridized carbons (Fsp3) is 0.440. The van der Waals surface area contributed by atoms with Gasteiger partial charge in [-0.3, -0.25) is 13.9 Å². The van der Waals surface area contributed by atoms with Crippen LogP contribution in [0.3, 0.4) is 0 Å². The third-order valence-corrected chi connectivity index (χ3v) is 6.99. The predicted molar refractivity (Wildman–Crippen MR) is 137 cm³/mol. The lowest BCUT2D eigenvalue weighted by Gasteiger charge is -2.33. The van der Waals surface area contributed by atoms with Crippen molar-refractivity contribution in [1.82, 2.24) is 10.2 Å². The topological polar surface area (TPSA) is 86.8 Å². The Balaban J connectivity index is 2.41. The van der Waals surface area contributed by atoms with Crippen LogP contribution in [0.15, 0.2) is 42.5 Å². The molecule has 0 heterocycles. The van der Waals surface area contributed by atoms with Gasteiger partial charge in [0.1, 0.15) is 18.4 Å². The molecule has 0 aliphatic heterocycles. The molecule has 0 saturated heterocycles. The maximum absolute atomic E-state index is 13.7. The van der Waals surface area contributed by atoms with E-state index in [1.54, 1.807) is 6.92 Å². The van der Waals surface area contributed by atoms with Crippen LogP contribution in [0.25, 0.3) is 0 Å². The fourth-order valence-electron chi connectivity index (χ4n) is 3.57. The molecule has 2 aromatic carbocycles. The van der Waals surface area contributed by atoms with Gasteiger partial charge in [0.05, 0.1) is 17.0 Å². The van der Waals surface area contributed by atoms with Crippen LogP contribution in [-0.4, -0.2) is 50.5 Å². The van der Waals surface area contributed by atoms with E-state index in [2.05, 4.69) is 5.32 Å². The molecule has 0 spiro atoms. The molecule has 7 nitrogen and oxygen atoms in total. The number of halogens is 2. The van der Waals surface area contributed by atoms with Crippen molar-refractivity contribution < 1.29 is 22.4 Å². The molecule has 0 aliphatic carbocycles. The van der Waals surface area contributed by atoms with Gasteiger partial charge in [-0.25, -0.2) is 12.8 Å². The lowest BCUT2D eigenvalue weighted by Crippen LogP contribution is -2.52. The molecule has 192 valence electrons. The Hall–Kier alpha value is -2.65. The summed E-state index contributed by atoms with van der Waals surface area (Å²) in [6, 6.07) is 10.2. The molecule has 0 radical (unpaired) electrons. The molecule has 2 rings (SSSR count). The van der Waals surface area contributed by atoms with Crippen molar-refractivity contribution >= 4 is 39.1 Å². The van der Waals surface area contributed by atoms with Crippen LogP contribution in [0.5, 0.6) is 0 Å². The third kappa shape index (κ3) is 8.21. The monoisotopic (exact) mass is 525 g/mol. The van der Waals surface area contributed by atoms with Crippen LogP contribution in [0, 0.1) is 12.7 Å². The van der Waals surface area contributed by atoms with Gasteiger partial charge in [0.15, 0.2) is 0 Å². The van der Waals surface area contributed by atoms with E-state index in [4.69, 9.17) is 11.6 Å². The van der Waals surface area contributed by atoms with Crippen LogP contribution in [-0.2, 0) is 26.2 Å². The molecular weight excluding hydrogens is 493 g/mol. The van der Waals surface area contributed by atoms with Gasteiger partial charge in [0.25, 0.3) is 0 Å². The average molecular weight is 526 g/mol. The number of nitrogens with zero attached hydrogens (tertiary/aromatic N) is 2. The van der Waals surface area contributed by atoms with Crippen molar-refractivity contribution in [2.24, 2.45) is 0 Å². The van der Waals surface area contributed by atoms with Gasteiger partial charge in [-0.2, -0.15) is 0 Å². The number of amides is 2. The summed E-state index contributed by atoms with van der Waals surface area (Å²) in [5.74, 6) is -1.56. The first-order valence-corrected chi connectivity index (χ1v) is 13.8. The smallest absolute Gasteiger partial charge is 0.244 e. The van der Waals surface area contributed by atoms with Gasteiger partial charge in [0.2, 0.25) is 21.8 Å². The largest absolute Gasteiger partial charge is 0.354 e. The lowest BCUT2D eigenvalue weighted by molar-refractivity contribution is -0.140. The molecule has 2 aromatic rings. The summed E-state index contributed by atoms with van der Waals surface area (Å²) < 4.78 is 39.7. The number of aryl methyl sites for hydroxylation is 1. The van der Waals surface area contributed by atoms with E-state index in [-0.39, 0.29) is 23.2 Å². The minimum atomic E-state index is -3.92. The highest BCUT2D eigenvalue weighted by molar-refractivity contribution is 7.92. The molecule has 0 aliphatic rings. The van der Waals surface area contributed by atoms with E-state index in [9.17, 15) is 22.4 Å². The molecular formula is C25H33ClFN3O4S. The van der Waals surface area contributed by atoms with E-state index in [0.717, 1.165) is 46.7 Å². The van der Waals surface area contributed by atoms with Gasteiger partial charge >= 0.3 is 0 Å². The van der Waals surface area contributed by atoms with Crippen molar-refractivity contribution in [3.8, 4) is 0 Å². The summed E-state index contributed by atoms with van der Waals surface area (Å²) in [5.41, 5.74) is 1.91. The zero-order chi connectivity index (χ0) is 26.2. The maximum atomic E-state index is 13.7. The number of unbranched alkanes of at least 4 members (excludes halogenated alkanes) is 1. The van der Waals surface area contributed by atoms with Crippen molar-refractivity contribution in [2.45, 2.75) is 52.6 Å². The van der Waals surface area contributed by atoms with Crippen molar-refractivity contribution in [1.29, 1.82) is 0 Å².